The first-order chi connectivity index (χ1) is 17.3. The molecule has 6 heteroatoms. The topological polar surface area (TPSA) is 49.4 Å². The molecule has 0 heterocycles. The molecule has 0 aliphatic rings. The number of carbonyl (C=O) groups excluding carboxylic acids is 2. The first kappa shape index (κ1) is 27.5. The molecule has 3 aromatic rings. The summed E-state index contributed by atoms with van der Waals surface area (Å²) in [5.74, 6) is 0.610. The summed E-state index contributed by atoms with van der Waals surface area (Å²) in [4.78, 5) is 28.8. The molecule has 0 aromatic heterocycles. The Hall–Kier alpha value is -3.12. The highest BCUT2D eigenvalue weighted by Crippen LogP contribution is 2.19. The molecule has 3 aromatic carbocycles. The van der Waals surface area contributed by atoms with Crippen LogP contribution in [-0.4, -0.2) is 35.1 Å². The summed E-state index contributed by atoms with van der Waals surface area (Å²) in [6.07, 6.45) is 0.435. The zero-order chi connectivity index (χ0) is 25.9. The molecule has 1 atom stereocenters. The Kier molecular flexibility index (Phi) is 10.6. The molecule has 0 aliphatic carbocycles. The van der Waals surface area contributed by atoms with Crippen molar-refractivity contribution < 1.29 is 14.0 Å². The van der Waals surface area contributed by atoms with Crippen LogP contribution in [0.2, 0.25) is 0 Å². The van der Waals surface area contributed by atoms with Crippen molar-refractivity contribution in [1.29, 1.82) is 0 Å². The quantitative estimate of drug-likeness (QED) is 0.339. The monoisotopic (exact) mass is 506 g/mol. The zero-order valence-electron chi connectivity index (χ0n) is 21.2. The number of carbonyl (C=O) groups is 2. The van der Waals surface area contributed by atoms with E-state index in [9.17, 15) is 14.0 Å². The van der Waals surface area contributed by atoms with E-state index in [-0.39, 0.29) is 23.4 Å². The lowest BCUT2D eigenvalue weighted by Gasteiger charge is -2.32. The maximum absolute atomic E-state index is 13.6. The third-order valence-electron chi connectivity index (χ3n) is 5.80. The van der Waals surface area contributed by atoms with Gasteiger partial charge >= 0.3 is 0 Å². The Morgan fingerprint density at radius 2 is 1.61 bits per heavy atom. The van der Waals surface area contributed by atoms with Crippen LogP contribution in [-0.2, 0) is 28.3 Å². The van der Waals surface area contributed by atoms with Gasteiger partial charge in [0.15, 0.2) is 0 Å². The van der Waals surface area contributed by atoms with Crippen LogP contribution in [0.5, 0.6) is 0 Å². The van der Waals surface area contributed by atoms with Gasteiger partial charge in [-0.3, -0.25) is 9.59 Å². The van der Waals surface area contributed by atoms with Gasteiger partial charge in [-0.1, -0.05) is 86.1 Å². The molecule has 2 amide bonds. The maximum atomic E-state index is 13.6. The van der Waals surface area contributed by atoms with E-state index in [1.54, 1.807) is 17.0 Å². The summed E-state index contributed by atoms with van der Waals surface area (Å²) in [5.41, 5.74) is 4.05. The number of thioether (sulfide) groups is 1. The largest absolute Gasteiger partial charge is 0.354 e. The van der Waals surface area contributed by atoms with Crippen LogP contribution < -0.4 is 5.32 Å². The molecule has 0 fully saturated rings. The summed E-state index contributed by atoms with van der Waals surface area (Å²) in [6, 6.07) is 23.5. The molecule has 0 bridgehead atoms. The van der Waals surface area contributed by atoms with Crippen molar-refractivity contribution in [3.8, 4) is 0 Å². The Balaban J connectivity index is 1.83. The van der Waals surface area contributed by atoms with Crippen molar-refractivity contribution in [2.45, 2.75) is 45.5 Å². The summed E-state index contributed by atoms with van der Waals surface area (Å²) >= 11 is 1.47. The minimum absolute atomic E-state index is 0.0933. The van der Waals surface area contributed by atoms with Crippen LogP contribution in [0.25, 0.3) is 0 Å². The number of nitrogens with one attached hydrogen (secondary N) is 1. The van der Waals surface area contributed by atoms with Gasteiger partial charge in [-0.25, -0.2) is 4.39 Å². The number of rotatable bonds is 12. The lowest BCUT2D eigenvalue weighted by molar-refractivity contribution is -0.139. The fourth-order valence-electron chi connectivity index (χ4n) is 3.90. The molecular formula is C30H35FN2O2S. The summed E-state index contributed by atoms with van der Waals surface area (Å²) in [6.45, 7) is 7.02. The molecule has 0 saturated carbocycles. The van der Waals surface area contributed by atoms with Crippen LogP contribution in [0.4, 0.5) is 4.39 Å². The minimum Gasteiger partial charge on any atom is -0.354 e. The molecule has 4 nitrogen and oxygen atoms in total. The lowest BCUT2D eigenvalue weighted by atomic mass is 10.0. The van der Waals surface area contributed by atoms with Gasteiger partial charge in [0.25, 0.3) is 0 Å². The van der Waals surface area contributed by atoms with E-state index < -0.39 is 6.04 Å². The van der Waals surface area contributed by atoms with Crippen LogP contribution in [0.3, 0.4) is 0 Å². The Morgan fingerprint density at radius 1 is 0.917 bits per heavy atom. The van der Waals surface area contributed by atoms with Crippen molar-refractivity contribution in [2.24, 2.45) is 5.92 Å². The third kappa shape index (κ3) is 8.83. The van der Waals surface area contributed by atoms with E-state index in [4.69, 9.17) is 0 Å². The number of amides is 2. The third-order valence-corrected chi connectivity index (χ3v) is 6.79. The van der Waals surface area contributed by atoms with Crippen molar-refractivity contribution >= 4 is 23.6 Å². The first-order valence-corrected chi connectivity index (χ1v) is 13.5. The summed E-state index contributed by atoms with van der Waals surface area (Å²) in [5, 5.41) is 3.05. The fourth-order valence-corrected chi connectivity index (χ4v) is 4.77. The van der Waals surface area contributed by atoms with E-state index in [0.29, 0.717) is 31.2 Å². The number of hydrogen-bond donors (Lipinski definition) is 1. The Morgan fingerprint density at radius 3 is 2.28 bits per heavy atom. The molecule has 3 rings (SSSR count). The van der Waals surface area contributed by atoms with Crippen molar-refractivity contribution in [1.82, 2.24) is 10.2 Å². The number of aryl methyl sites for hydroxylation is 1. The summed E-state index contributed by atoms with van der Waals surface area (Å²) in [7, 11) is 0. The highest BCUT2D eigenvalue weighted by Gasteiger charge is 2.30. The van der Waals surface area contributed by atoms with Crippen molar-refractivity contribution in [3.05, 3.63) is 107 Å². The molecular weight excluding hydrogens is 471 g/mol. The SMILES string of the molecule is Cc1cccc(CN(C(=O)CSCc2ccc(F)cc2)C(Cc2ccccc2)C(=O)NCC(C)C)c1. The smallest absolute Gasteiger partial charge is 0.243 e. The minimum atomic E-state index is -0.634. The highest BCUT2D eigenvalue weighted by molar-refractivity contribution is 7.99. The standard InChI is InChI=1S/C30H35FN2O2S/c1-22(2)18-32-30(35)28(17-24-9-5-4-6-10-24)33(19-26-11-7-8-23(3)16-26)29(34)21-36-20-25-12-14-27(31)15-13-25/h4-16,22,28H,17-21H2,1-3H3,(H,32,35). The normalized spacial score (nSPS) is 11.8. The lowest BCUT2D eigenvalue weighted by Crippen LogP contribution is -2.51. The second-order valence-electron chi connectivity index (χ2n) is 9.47. The number of benzene rings is 3. The molecule has 0 saturated heterocycles. The predicted octanol–water partition coefficient (Wildman–Crippen LogP) is 5.78. The van der Waals surface area contributed by atoms with Crippen LogP contribution in [0, 0.1) is 18.7 Å². The molecule has 1 unspecified atom stereocenters. The molecule has 0 aliphatic heterocycles. The van der Waals surface area contributed by atoms with Gasteiger partial charge in [0.05, 0.1) is 5.75 Å². The fraction of sp³-hybridized carbons (Fsp3) is 0.333. The van der Waals surface area contributed by atoms with E-state index >= 15 is 0 Å². The summed E-state index contributed by atoms with van der Waals surface area (Å²) < 4.78 is 13.2. The predicted molar refractivity (Wildman–Crippen MR) is 146 cm³/mol. The Labute approximate surface area is 218 Å². The van der Waals surface area contributed by atoms with Gasteiger partial charge in [-0.2, -0.15) is 0 Å². The van der Waals surface area contributed by atoms with Gasteiger partial charge < -0.3 is 10.2 Å². The second kappa shape index (κ2) is 13.8. The molecule has 1 N–H and O–H groups in total. The van der Waals surface area contributed by atoms with Gasteiger partial charge in [0, 0.05) is 25.3 Å². The van der Waals surface area contributed by atoms with Crippen molar-refractivity contribution in [3.63, 3.8) is 0 Å². The van der Waals surface area contributed by atoms with E-state index in [0.717, 1.165) is 22.3 Å². The van der Waals surface area contributed by atoms with Crippen LogP contribution in [0.1, 0.15) is 36.1 Å². The van der Waals surface area contributed by atoms with Crippen molar-refractivity contribution in [2.75, 3.05) is 12.3 Å². The van der Waals surface area contributed by atoms with Gasteiger partial charge in [-0.05, 0) is 41.7 Å². The number of hydrogen-bond acceptors (Lipinski definition) is 3. The molecule has 190 valence electrons. The van der Waals surface area contributed by atoms with Crippen LogP contribution >= 0.6 is 11.8 Å². The van der Waals surface area contributed by atoms with Gasteiger partial charge in [0.1, 0.15) is 11.9 Å². The van der Waals surface area contributed by atoms with E-state index in [1.165, 1.54) is 23.9 Å². The molecule has 36 heavy (non-hydrogen) atoms. The molecule has 0 spiro atoms. The highest BCUT2D eigenvalue weighted by atomic mass is 32.2. The van der Waals surface area contributed by atoms with Gasteiger partial charge in [0.2, 0.25) is 11.8 Å². The second-order valence-corrected chi connectivity index (χ2v) is 10.5. The van der Waals surface area contributed by atoms with Gasteiger partial charge in [-0.15, -0.1) is 11.8 Å². The number of halogens is 1. The average molecular weight is 507 g/mol. The maximum Gasteiger partial charge on any atom is 0.243 e. The van der Waals surface area contributed by atoms with E-state index in [1.807, 2.05) is 69.3 Å². The molecule has 0 radical (unpaired) electrons. The average Bonchev–Trinajstić information content (AvgIpc) is 2.86. The Bertz CT molecular complexity index is 1120. The first-order valence-electron chi connectivity index (χ1n) is 12.3. The number of nitrogens with zero attached hydrogens (tertiary/aromatic N) is 1. The zero-order valence-corrected chi connectivity index (χ0v) is 22.1. The van der Waals surface area contributed by atoms with E-state index in [2.05, 4.69) is 11.4 Å². The van der Waals surface area contributed by atoms with Crippen LogP contribution in [0.15, 0.2) is 78.9 Å².